The van der Waals surface area contributed by atoms with Crippen LogP contribution in [-0.4, -0.2) is 35.7 Å². The summed E-state index contributed by atoms with van der Waals surface area (Å²) >= 11 is 0. The minimum atomic E-state index is -0.934. The maximum Gasteiger partial charge on any atom is 0.531 e. The van der Waals surface area contributed by atoms with E-state index in [2.05, 4.69) is 14.3 Å². The van der Waals surface area contributed by atoms with Crippen molar-refractivity contribution in [2.75, 3.05) is 13.2 Å². The third kappa shape index (κ3) is 3.48. The van der Waals surface area contributed by atoms with Crippen molar-refractivity contribution in [3.05, 3.63) is 0 Å². The molecule has 0 aromatic carbocycles. The number of carbonyl (C=O) groups excluding carboxylic acids is 2. The number of rotatable bonds is 4. The maximum absolute atomic E-state index is 10.9. The van der Waals surface area contributed by atoms with E-state index in [0.717, 1.165) is 0 Å². The second-order valence-corrected chi connectivity index (χ2v) is 1.90. The summed E-state index contributed by atoms with van der Waals surface area (Å²) in [6.45, 7) is 3.42. The standard InChI is InChI=1S/C7H11N2O4/c1-3-12-6(10)5(9-8)7(11)13-4-2/h8H,3-4H2,1-2H3/q+1. The average Bonchev–Trinajstić information content (AvgIpc) is 2.06. The number of hydrogen-bond donors (Lipinski definition) is 1. The lowest BCUT2D eigenvalue weighted by atomic mass is 10.4. The zero-order chi connectivity index (χ0) is 10.3. The molecule has 0 aromatic rings. The van der Waals surface area contributed by atoms with Crippen LogP contribution >= 0.6 is 0 Å². The maximum atomic E-state index is 10.9. The summed E-state index contributed by atoms with van der Waals surface area (Å²) in [5, 5.41) is 0. The molecule has 0 fully saturated rings. The Balaban J connectivity index is 4.44. The van der Waals surface area contributed by atoms with Gasteiger partial charge in [-0.3, -0.25) is 0 Å². The molecule has 0 aliphatic heterocycles. The van der Waals surface area contributed by atoms with Gasteiger partial charge >= 0.3 is 17.7 Å². The van der Waals surface area contributed by atoms with Crippen LogP contribution in [0.5, 0.6) is 0 Å². The molecular formula is C7H11N2O4+. The van der Waals surface area contributed by atoms with Crippen LogP contribution < -0.4 is 0 Å². The highest BCUT2D eigenvalue weighted by molar-refractivity contribution is 6.60. The van der Waals surface area contributed by atoms with Gasteiger partial charge in [0.25, 0.3) is 0 Å². The summed E-state index contributed by atoms with van der Waals surface area (Å²) < 4.78 is 8.94. The van der Waals surface area contributed by atoms with E-state index in [0.29, 0.717) is 0 Å². The van der Waals surface area contributed by atoms with Crippen molar-refractivity contribution in [1.29, 1.82) is 5.53 Å². The van der Waals surface area contributed by atoms with E-state index < -0.39 is 17.7 Å². The molecule has 0 aliphatic rings. The zero-order valence-corrected chi connectivity index (χ0v) is 7.49. The van der Waals surface area contributed by atoms with Gasteiger partial charge in [-0.05, 0) is 13.8 Å². The van der Waals surface area contributed by atoms with E-state index in [1.807, 2.05) is 0 Å². The molecule has 0 unspecified atom stereocenters. The summed E-state index contributed by atoms with van der Waals surface area (Å²) in [7, 11) is 0. The van der Waals surface area contributed by atoms with Crippen LogP contribution in [0.15, 0.2) is 0 Å². The third-order valence-electron chi connectivity index (χ3n) is 1.05. The van der Waals surface area contributed by atoms with Gasteiger partial charge in [-0.2, -0.15) is 0 Å². The second kappa shape index (κ2) is 5.91. The highest BCUT2D eigenvalue weighted by Gasteiger charge is 2.35. The van der Waals surface area contributed by atoms with Gasteiger partial charge in [-0.25, -0.2) is 9.59 Å². The molecule has 0 heterocycles. The van der Waals surface area contributed by atoms with Crippen LogP contribution in [0.4, 0.5) is 0 Å². The highest BCUT2D eigenvalue weighted by Crippen LogP contribution is 1.86. The molecule has 0 spiro atoms. The number of ether oxygens (including phenoxy) is 2. The second-order valence-electron chi connectivity index (χ2n) is 1.90. The van der Waals surface area contributed by atoms with Crippen molar-refractivity contribution in [3.63, 3.8) is 0 Å². The van der Waals surface area contributed by atoms with Crippen LogP contribution in [0.2, 0.25) is 0 Å². The van der Waals surface area contributed by atoms with Crippen LogP contribution in [-0.2, 0) is 19.1 Å². The minimum Gasteiger partial charge on any atom is -0.457 e. The predicted molar refractivity (Wildman–Crippen MR) is 41.3 cm³/mol. The normalized spacial score (nSPS) is 8.46. The molecular weight excluding hydrogens is 176 g/mol. The Hall–Kier alpha value is -1.68. The fourth-order valence-electron chi connectivity index (χ4n) is 0.574. The fourth-order valence-corrected chi connectivity index (χ4v) is 0.574. The number of esters is 2. The van der Waals surface area contributed by atoms with E-state index in [4.69, 9.17) is 5.53 Å². The molecule has 0 atom stereocenters. The Kier molecular flexibility index (Phi) is 5.14. The van der Waals surface area contributed by atoms with E-state index in [-0.39, 0.29) is 13.2 Å². The molecule has 0 radical (unpaired) electrons. The lowest BCUT2D eigenvalue weighted by Gasteiger charge is -1.95. The number of hydrogen-bond acceptors (Lipinski definition) is 5. The first kappa shape index (κ1) is 11.3. The molecule has 0 aliphatic carbocycles. The average molecular weight is 187 g/mol. The molecule has 0 aromatic heterocycles. The van der Waals surface area contributed by atoms with E-state index >= 15 is 0 Å². The first-order chi connectivity index (χ1) is 6.17. The van der Waals surface area contributed by atoms with Crippen molar-refractivity contribution in [2.24, 2.45) is 0 Å². The van der Waals surface area contributed by atoms with Crippen molar-refractivity contribution in [2.45, 2.75) is 13.8 Å². The zero-order valence-electron chi connectivity index (χ0n) is 7.49. The molecule has 0 amide bonds. The topological polar surface area (TPSA) is 90.5 Å². The Labute approximate surface area is 75.1 Å². The van der Waals surface area contributed by atoms with Crippen molar-refractivity contribution in [1.82, 2.24) is 0 Å². The summed E-state index contributed by atoms with van der Waals surface area (Å²) in [5.41, 5.74) is 5.93. The lowest BCUT2D eigenvalue weighted by Crippen LogP contribution is -2.29. The summed E-state index contributed by atoms with van der Waals surface area (Å²) in [6.07, 6.45) is 0. The highest BCUT2D eigenvalue weighted by atomic mass is 16.6. The van der Waals surface area contributed by atoms with Crippen molar-refractivity contribution in [3.8, 4) is 0 Å². The molecule has 0 bridgehead atoms. The van der Waals surface area contributed by atoms with Crippen LogP contribution in [0.3, 0.4) is 0 Å². The summed E-state index contributed by atoms with van der Waals surface area (Å²) in [4.78, 5) is 24.6. The van der Waals surface area contributed by atoms with E-state index in [1.165, 1.54) is 0 Å². The van der Waals surface area contributed by atoms with Gasteiger partial charge in [0.1, 0.15) is 0 Å². The molecule has 0 rings (SSSR count). The first-order valence-corrected chi connectivity index (χ1v) is 3.76. The number of nitrogens with one attached hydrogen (secondary N) is 1. The first-order valence-electron chi connectivity index (χ1n) is 3.76. The van der Waals surface area contributed by atoms with Gasteiger partial charge < -0.3 is 9.47 Å². The quantitative estimate of drug-likeness (QED) is 0.217. The predicted octanol–water partition coefficient (Wildman–Crippen LogP) is -0.207. The largest absolute Gasteiger partial charge is 0.531 e. The van der Waals surface area contributed by atoms with Crippen LogP contribution in [0.25, 0.3) is 0 Å². The van der Waals surface area contributed by atoms with E-state index in [9.17, 15) is 9.59 Å². The summed E-state index contributed by atoms with van der Waals surface area (Å²) in [5.74, 6) is -1.87. The smallest absolute Gasteiger partial charge is 0.457 e. The summed E-state index contributed by atoms with van der Waals surface area (Å²) in [6, 6.07) is 0. The van der Waals surface area contributed by atoms with E-state index in [1.54, 1.807) is 13.8 Å². The molecule has 0 saturated carbocycles. The SMILES string of the molecule is CCOC(=O)C(=[N+]=N)C(=O)OCC. The van der Waals surface area contributed by atoms with Gasteiger partial charge in [0.15, 0.2) is 0 Å². The molecule has 6 nitrogen and oxygen atoms in total. The van der Waals surface area contributed by atoms with Gasteiger partial charge in [0.2, 0.25) is 0 Å². The Morgan fingerprint density at radius 2 is 1.54 bits per heavy atom. The fraction of sp³-hybridized carbons (Fsp3) is 0.571. The molecule has 72 valence electrons. The lowest BCUT2D eigenvalue weighted by molar-refractivity contribution is -0.163. The Bertz CT molecular complexity index is 235. The number of nitrogens with zero attached hydrogens (tertiary/aromatic N) is 1. The Morgan fingerprint density at radius 1 is 1.15 bits per heavy atom. The van der Waals surface area contributed by atoms with Gasteiger partial charge in [-0.15, -0.1) is 0 Å². The molecule has 13 heavy (non-hydrogen) atoms. The number of carbonyl (C=O) groups is 2. The molecule has 6 heteroatoms. The van der Waals surface area contributed by atoms with Gasteiger partial charge in [0.05, 0.1) is 23.5 Å². The van der Waals surface area contributed by atoms with Crippen LogP contribution in [0.1, 0.15) is 13.8 Å². The van der Waals surface area contributed by atoms with Gasteiger partial charge in [-0.1, -0.05) is 0 Å². The van der Waals surface area contributed by atoms with Crippen molar-refractivity contribution < 1.29 is 23.9 Å². The van der Waals surface area contributed by atoms with Gasteiger partial charge in [0, 0.05) is 0 Å². The van der Waals surface area contributed by atoms with Crippen LogP contribution in [0, 0.1) is 5.53 Å². The van der Waals surface area contributed by atoms with Crippen molar-refractivity contribution >= 4 is 17.7 Å². The Morgan fingerprint density at radius 3 is 1.77 bits per heavy atom. The monoisotopic (exact) mass is 187 g/mol. The third-order valence-corrected chi connectivity index (χ3v) is 1.05. The molecule has 1 N–H and O–H groups in total. The molecule has 0 saturated heterocycles. The minimum absolute atomic E-state index is 0.122.